The van der Waals surface area contributed by atoms with Crippen LogP contribution in [0.4, 0.5) is 5.13 Å². The van der Waals surface area contributed by atoms with E-state index in [1.54, 1.807) is 16.0 Å². The van der Waals surface area contributed by atoms with Crippen molar-refractivity contribution in [1.82, 2.24) is 20.1 Å². The van der Waals surface area contributed by atoms with Gasteiger partial charge in [0.15, 0.2) is 5.13 Å². The Kier molecular flexibility index (Phi) is 6.55. The summed E-state index contributed by atoms with van der Waals surface area (Å²) in [5.74, 6) is 0.950. The van der Waals surface area contributed by atoms with Crippen LogP contribution in [-0.4, -0.2) is 33.8 Å². The van der Waals surface area contributed by atoms with Gasteiger partial charge in [0, 0.05) is 37.1 Å². The molecule has 8 heteroatoms. The zero-order valence-corrected chi connectivity index (χ0v) is 17.5. The minimum atomic E-state index is -0.0760. The number of aryl methyl sites for hydroxylation is 2. The summed E-state index contributed by atoms with van der Waals surface area (Å²) < 4.78 is 1.80. The second-order valence-electron chi connectivity index (χ2n) is 7.59. The van der Waals surface area contributed by atoms with E-state index in [0.717, 1.165) is 36.0 Å². The summed E-state index contributed by atoms with van der Waals surface area (Å²) in [4.78, 5) is 19.0. The molecular weight excluding hydrogens is 382 g/mol. The molecule has 2 aliphatic rings. The first-order valence-corrected chi connectivity index (χ1v) is 10.4. The van der Waals surface area contributed by atoms with E-state index in [2.05, 4.69) is 22.7 Å². The van der Waals surface area contributed by atoms with E-state index in [4.69, 9.17) is 4.98 Å². The lowest BCUT2D eigenvalue weighted by molar-refractivity contribution is -0.119. The number of thiazole rings is 1. The largest absolute Gasteiger partial charge is 0.315 e. The number of aromatic nitrogens is 3. The Hall–Kier alpha value is -1.44. The van der Waals surface area contributed by atoms with Crippen molar-refractivity contribution in [2.45, 2.75) is 44.9 Å². The van der Waals surface area contributed by atoms with Crippen molar-refractivity contribution in [2.24, 2.45) is 18.9 Å². The minimum Gasteiger partial charge on any atom is -0.315 e. The van der Waals surface area contributed by atoms with Gasteiger partial charge in [-0.2, -0.15) is 5.10 Å². The second-order valence-corrected chi connectivity index (χ2v) is 8.68. The van der Waals surface area contributed by atoms with Crippen LogP contribution in [0.1, 0.15) is 48.2 Å². The molecule has 6 nitrogen and oxygen atoms in total. The van der Waals surface area contributed by atoms with Crippen molar-refractivity contribution in [3.63, 3.8) is 0 Å². The van der Waals surface area contributed by atoms with Gasteiger partial charge >= 0.3 is 0 Å². The average molecular weight is 410 g/mol. The molecule has 0 spiro atoms. The fourth-order valence-corrected chi connectivity index (χ4v) is 5.41. The van der Waals surface area contributed by atoms with Gasteiger partial charge in [0.1, 0.15) is 0 Å². The van der Waals surface area contributed by atoms with Gasteiger partial charge in [0.25, 0.3) is 0 Å². The summed E-state index contributed by atoms with van der Waals surface area (Å²) in [6.45, 7) is 3.77. The fraction of sp³-hybridized carbons (Fsp3) is 0.632. The Morgan fingerprint density at radius 3 is 3.04 bits per heavy atom. The summed E-state index contributed by atoms with van der Waals surface area (Å²) in [6.07, 6.45) is 9.82. The molecule has 2 N–H and O–H groups in total. The van der Waals surface area contributed by atoms with E-state index in [0.29, 0.717) is 6.54 Å². The lowest BCUT2D eigenvalue weighted by atomic mass is 9.88. The Morgan fingerprint density at radius 1 is 1.44 bits per heavy atom. The van der Waals surface area contributed by atoms with Crippen molar-refractivity contribution in [3.05, 3.63) is 28.5 Å². The highest BCUT2D eigenvalue weighted by molar-refractivity contribution is 7.15. The van der Waals surface area contributed by atoms with E-state index < -0.39 is 0 Å². The molecule has 1 unspecified atom stereocenters. The number of hydrogen-bond donors (Lipinski definition) is 2. The molecule has 2 aromatic heterocycles. The monoisotopic (exact) mass is 409 g/mol. The van der Waals surface area contributed by atoms with Crippen LogP contribution in [0.15, 0.2) is 12.4 Å². The van der Waals surface area contributed by atoms with E-state index in [1.807, 2.05) is 19.4 Å². The Labute approximate surface area is 170 Å². The van der Waals surface area contributed by atoms with Crippen molar-refractivity contribution in [1.29, 1.82) is 0 Å². The molecule has 0 saturated carbocycles. The van der Waals surface area contributed by atoms with Crippen molar-refractivity contribution in [3.8, 4) is 0 Å². The molecule has 4 rings (SSSR count). The molecule has 2 aromatic rings. The molecular formula is C19H28ClN5OS. The maximum absolute atomic E-state index is 12.9. The number of carbonyl (C=O) groups is 1. The molecule has 0 radical (unpaired) electrons. The number of rotatable bonds is 5. The molecule has 148 valence electrons. The first-order valence-electron chi connectivity index (χ1n) is 9.62. The van der Waals surface area contributed by atoms with Gasteiger partial charge < -0.3 is 10.6 Å². The molecule has 1 saturated heterocycles. The van der Waals surface area contributed by atoms with Crippen LogP contribution in [0.5, 0.6) is 0 Å². The van der Waals surface area contributed by atoms with Crippen LogP contribution in [0.3, 0.4) is 0 Å². The molecule has 1 fully saturated rings. The van der Waals surface area contributed by atoms with Gasteiger partial charge in [-0.1, -0.05) is 19.8 Å². The second kappa shape index (κ2) is 8.71. The summed E-state index contributed by atoms with van der Waals surface area (Å²) in [5, 5.41) is 11.5. The number of anilines is 1. The van der Waals surface area contributed by atoms with E-state index in [-0.39, 0.29) is 30.2 Å². The van der Waals surface area contributed by atoms with Crippen LogP contribution in [0, 0.1) is 11.8 Å². The average Bonchev–Trinajstić information content (AvgIpc) is 3.32. The summed E-state index contributed by atoms with van der Waals surface area (Å²) in [6, 6.07) is 0. The molecule has 0 bridgehead atoms. The van der Waals surface area contributed by atoms with Crippen molar-refractivity contribution >= 4 is 34.8 Å². The third-order valence-corrected chi connectivity index (χ3v) is 6.71. The zero-order valence-electron chi connectivity index (χ0n) is 15.9. The van der Waals surface area contributed by atoms with Gasteiger partial charge in [0.05, 0.1) is 17.8 Å². The van der Waals surface area contributed by atoms with Gasteiger partial charge in [-0.05, 0) is 30.7 Å². The summed E-state index contributed by atoms with van der Waals surface area (Å²) in [7, 11) is 1.91. The first kappa shape index (κ1) is 20.3. The van der Waals surface area contributed by atoms with Crippen LogP contribution in [0.2, 0.25) is 0 Å². The number of nitrogens with one attached hydrogen (secondary N) is 2. The van der Waals surface area contributed by atoms with Crippen molar-refractivity contribution < 1.29 is 4.79 Å². The highest BCUT2D eigenvalue weighted by Crippen LogP contribution is 2.35. The number of amides is 1. The summed E-state index contributed by atoms with van der Waals surface area (Å²) in [5.41, 5.74) is 2.32. The Balaban J connectivity index is 0.00000210. The molecule has 3 heterocycles. The van der Waals surface area contributed by atoms with E-state index in [9.17, 15) is 4.79 Å². The van der Waals surface area contributed by atoms with Crippen LogP contribution in [0.25, 0.3) is 0 Å². The predicted octanol–water partition coefficient (Wildman–Crippen LogP) is 3.15. The maximum Gasteiger partial charge on any atom is 0.231 e. The van der Waals surface area contributed by atoms with Gasteiger partial charge in [-0.3, -0.25) is 9.48 Å². The van der Waals surface area contributed by atoms with Gasteiger partial charge in [0.2, 0.25) is 5.91 Å². The normalized spacial score (nSPS) is 24.3. The van der Waals surface area contributed by atoms with Gasteiger partial charge in [-0.15, -0.1) is 23.7 Å². The highest BCUT2D eigenvalue weighted by Gasteiger charge is 2.35. The standard InChI is InChI=1S/C19H27N5OS.ClH/c1-3-4-12-5-6-16-17(7-12)26-19(22-16)23-18(25)15-10-20-9-14(15)13-8-21-24(2)11-13;/h8,11-12,14-15,20H,3-7,9-10H2,1-2H3,(H,22,23,25);1H/t12?,14-,15+;/m1./s1. The zero-order chi connectivity index (χ0) is 18.1. The molecule has 1 aliphatic heterocycles. The smallest absolute Gasteiger partial charge is 0.231 e. The number of carbonyl (C=O) groups excluding carboxylic acids is 1. The molecule has 1 aliphatic carbocycles. The number of nitrogens with zero attached hydrogens (tertiary/aromatic N) is 3. The van der Waals surface area contributed by atoms with Crippen LogP contribution in [-0.2, 0) is 24.7 Å². The number of halogens is 1. The van der Waals surface area contributed by atoms with Crippen LogP contribution >= 0.6 is 23.7 Å². The lowest BCUT2D eigenvalue weighted by Gasteiger charge is -2.19. The highest BCUT2D eigenvalue weighted by atomic mass is 35.5. The lowest BCUT2D eigenvalue weighted by Crippen LogP contribution is -2.28. The van der Waals surface area contributed by atoms with Crippen LogP contribution < -0.4 is 10.6 Å². The number of hydrogen-bond acceptors (Lipinski definition) is 5. The third kappa shape index (κ3) is 4.36. The third-order valence-electron chi connectivity index (χ3n) is 5.67. The molecule has 27 heavy (non-hydrogen) atoms. The maximum atomic E-state index is 12.9. The first-order chi connectivity index (χ1) is 12.6. The topological polar surface area (TPSA) is 71.8 Å². The Bertz CT molecular complexity index is 789. The summed E-state index contributed by atoms with van der Waals surface area (Å²) >= 11 is 1.67. The molecule has 1 amide bonds. The quantitative estimate of drug-likeness (QED) is 0.795. The fourth-order valence-electron chi connectivity index (χ4n) is 4.29. The molecule has 0 aromatic carbocycles. The van der Waals surface area contributed by atoms with E-state index >= 15 is 0 Å². The SMILES string of the molecule is CCCC1CCc2nc(NC(=O)[C@H]3CNC[C@@H]3c3cnn(C)c3)sc2C1.Cl. The van der Waals surface area contributed by atoms with Crippen molar-refractivity contribution in [2.75, 3.05) is 18.4 Å². The van der Waals surface area contributed by atoms with Gasteiger partial charge in [-0.25, -0.2) is 4.98 Å². The number of fused-ring (bicyclic) bond motifs is 1. The van der Waals surface area contributed by atoms with E-state index in [1.165, 1.54) is 29.8 Å². The minimum absolute atomic E-state index is 0. The molecule has 3 atom stereocenters. The Morgan fingerprint density at radius 2 is 2.30 bits per heavy atom. The predicted molar refractivity (Wildman–Crippen MR) is 111 cm³/mol.